The summed E-state index contributed by atoms with van der Waals surface area (Å²) >= 11 is 0. The molecule has 0 aromatic carbocycles. The number of hydrogen-bond donors (Lipinski definition) is 1. The molecule has 0 aliphatic carbocycles. The van der Waals surface area contributed by atoms with Crippen LogP contribution in [-0.4, -0.2) is 48.3 Å². The van der Waals surface area contributed by atoms with Crippen molar-refractivity contribution in [3.63, 3.8) is 0 Å². The van der Waals surface area contributed by atoms with Gasteiger partial charge in [0.2, 0.25) is 5.91 Å². The van der Waals surface area contributed by atoms with Crippen molar-refractivity contribution in [2.45, 2.75) is 31.3 Å². The SMILES string of the molecule is C#CCCC(=O)N(C)CC1(O)CCOCC1. The molecule has 4 nitrogen and oxygen atoms in total. The van der Waals surface area contributed by atoms with Crippen LogP contribution in [0.15, 0.2) is 0 Å². The van der Waals surface area contributed by atoms with Crippen molar-refractivity contribution < 1.29 is 14.6 Å². The second-order valence-corrected chi connectivity index (χ2v) is 4.29. The van der Waals surface area contributed by atoms with E-state index in [0.29, 0.717) is 45.4 Å². The zero-order valence-corrected chi connectivity index (χ0v) is 9.74. The Balaban J connectivity index is 2.40. The molecule has 0 unspecified atom stereocenters. The number of rotatable bonds is 4. The fourth-order valence-corrected chi connectivity index (χ4v) is 1.81. The molecule has 1 rings (SSSR count). The number of nitrogens with zero attached hydrogens (tertiary/aromatic N) is 1. The van der Waals surface area contributed by atoms with Gasteiger partial charge in [0.1, 0.15) is 0 Å². The van der Waals surface area contributed by atoms with Crippen LogP contribution in [0.4, 0.5) is 0 Å². The Morgan fingerprint density at radius 1 is 1.56 bits per heavy atom. The second-order valence-electron chi connectivity index (χ2n) is 4.29. The molecule has 1 heterocycles. The standard InChI is InChI=1S/C12H19NO3/c1-3-4-5-11(14)13(2)10-12(15)6-8-16-9-7-12/h1,15H,4-10H2,2H3. The highest BCUT2D eigenvalue weighted by Crippen LogP contribution is 2.21. The van der Waals surface area contributed by atoms with E-state index in [9.17, 15) is 9.90 Å². The summed E-state index contributed by atoms with van der Waals surface area (Å²) in [5, 5.41) is 10.2. The third-order valence-corrected chi connectivity index (χ3v) is 2.86. The van der Waals surface area contributed by atoms with Crippen LogP contribution in [0.3, 0.4) is 0 Å². The Morgan fingerprint density at radius 3 is 2.75 bits per heavy atom. The van der Waals surface area contributed by atoms with Gasteiger partial charge in [0, 0.05) is 52.5 Å². The van der Waals surface area contributed by atoms with Crippen molar-refractivity contribution in [2.24, 2.45) is 0 Å². The Kier molecular flexibility index (Phi) is 4.78. The van der Waals surface area contributed by atoms with Gasteiger partial charge in [0.25, 0.3) is 0 Å². The number of carbonyl (C=O) groups excluding carboxylic acids is 1. The van der Waals surface area contributed by atoms with Gasteiger partial charge in [-0.15, -0.1) is 12.3 Å². The average molecular weight is 225 g/mol. The van der Waals surface area contributed by atoms with Gasteiger partial charge >= 0.3 is 0 Å². The van der Waals surface area contributed by atoms with E-state index in [4.69, 9.17) is 11.2 Å². The van der Waals surface area contributed by atoms with Gasteiger partial charge in [-0.25, -0.2) is 0 Å². The average Bonchev–Trinajstić information content (AvgIpc) is 2.26. The zero-order valence-electron chi connectivity index (χ0n) is 9.74. The lowest BCUT2D eigenvalue weighted by molar-refractivity contribution is -0.136. The van der Waals surface area contributed by atoms with Crippen molar-refractivity contribution >= 4 is 5.91 Å². The zero-order chi connectivity index (χ0) is 12.0. The van der Waals surface area contributed by atoms with Gasteiger partial charge in [-0.3, -0.25) is 4.79 Å². The van der Waals surface area contributed by atoms with Crippen LogP contribution in [0.25, 0.3) is 0 Å². The van der Waals surface area contributed by atoms with E-state index in [-0.39, 0.29) is 5.91 Å². The Morgan fingerprint density at radius 2 is 2.19 bits per heavy atom. The van der Waals surface area contributed by atoms with Crippen molar-refractivity contribution in [3.8, 4) is 12.3 Å². The van der Waals surface area contributed by atoms with Crippen LogP contribution >= 0.6 is 0 Å². The molecule has 0 radical (unpaired) electrons. The smallest absolute Gasteiger partial charge is 0.223 e. The molecule has 90 valence electrons. The third kappa shape index (κ3) is 3.84. The number of terminal acetylenes is 1. The molecule has 4 heteroatoms. The van der Waals surface area contributed by atoms with Crippen molar-refractivity contribution in [2.75, 3.05) is 26.8 Å². The maximum Gasteiger partial charge on any atom is 0.223 e. The summed E-state index contributed by atoms with van der Waals surface area (Å²) in [6.07, 6.45) is 7.06. The minimum atomic E-state index is -0.793. The molecule has 1 fully saturated rings. The van der Waals surface area contributed by atoms with Gasteiger partial charge in [-0.2, -0.15) is 0 Å². The van der Waals surface area contributed by atoms with E-state index in [1.807, 2.05) is 0 Å². The number of aliphatic hydroxyl groups is 1. The van der Waals surface area contributed by atoms with Crippen molar-refractivity contribution in [3.05, 3.63) is 0 Å². The lowest BCUT2D eigenvalue weighted by atomic mass is 9.94. The minimum Gasteiger partial charge on any atom is -0.388 e. The molecule has 0 saturated carbocycles. The monoisotopic (exact) mass is 225 g/mol. The van der Waals surface area contributed by atoms with E-state index in [1.165, 1.54) is 0 Å². The summed E-state index contributed by atoms with van der Waals surface area (Å²) in [6.45, 7) is 1.48. The topological polar surface area (TPSA) is 49.8 Å². The van der Waals surface area contributed by atoms with E-state index >= 15 is 0 Å². The number of likely N-dealkylation sites (N-methyl/N-ethyl adjacent to an activating group) is 1. The largest absolute Gasteiger partial charge is 0.388 e. The summed E-state index contributed by atoms with van der Waals surface area (Å²) in [4.78, 5) is 13.2. The van der Waals surface area contributed by atoms with E-state index in [1.54, 1.807) is 11.9 Å². The summed E-state index contributed by atoms with van der Waals surface area (Å²) in [7, 11) is 1.70. The highest BCUT2D eigenvalue weighted by atomic mass is 16.5. The summed E-state index contributed by atoms with van der Waals surface area (Å²) in [6, 6.07) is 0. The Bertz CT molecular complexity index is 276. The fraction of sp³-hybridized carbons (Fsp3) is 0.750. The minimum absolute atomic E-state index is 0.0159. The van der Waals surface area contributed by atoms with Gasteiger partial charge in [0.05, 0.1) is 5.60 Å². The van der Waals surface area contributed by atoms with E-state index in [0.717, 1.165) is 0 Å². The molecule has 0 aromatic rings. The number of carbonyl (C=O) groups is 1. The van der Waals surface area contributed by atoms with Gasteiger partial charge in [-0.1, -0.05) is 0 Å². The molecule has 1 aliphatic heterocycles. The first kappa shape index (κ1) is 13.0. The number of amides is 1. The van der Waals surface area contributed by atoms with Crippen LogP contribution in [0.1, 0.15) is 25.7 Å². The second kappa shape index (κ2) is 5.88. The molecule has 1 amide bonds. The quantitative estimate of drug-likeness (QED) is 0.705. The molecule has 1 aliphatic rings. The van der Waals surface area contributed by atoms with Gasteiger partial charge < -0.3 is 14.7 Å². The van der Waals surface area contributed by atoms with Crippen LogP contribution in [0, 0.1) is 12.3 Å². The predicted molar refractivity (Wildman–Crippen MR) is 60.7 cm³/mol. The van der Waals surface area contributed by atoms with Crippen LogP contribution < -0.4 is 0 Å². The summed E-state index contributed by atoms with van der Waals surface area (Å²) in [5.41, 5.74) is -0.793. The summed E-state index contributed by atoms with van der Waals surface area (Å²) in [5.74, 6) is 2.42. The van der Waals surface area contributed by atoms with Crippen LogP contribution in [-0.2, 0) is 9.53 Å². The maximum absolute atomic E-state index is 11.6. The maximum atomic E-state index is 11.6. The van der Waals surface area contributed by atoms with E-state index in [2.05, 4.69) is 5.92 Å². The summed E-state index contributed by atoms with van der Waals surface area (Å²) < 4.78 is 5.18. The normalized spacial score (nSPS) is 18.8. The predicted octanol–water partition coefficient (Wildman–Crippen LogP) is 0.400. The lowest BCUT2D eigenvalue weighted by Crippen LogP contribution is -2.47. The highest BCUT2D eigenvalue weighted by molar-refractivity contribution is 5.76. The first-order valence-corrected chi connectivity index (χ1v) is 5.55. The van der Waals surface area contributed by atoms with E-state index < -0.39 is 5.60 Å². The Labute approximate surface area is 96.6 Å². The first-order chi connectivity index (χ1) is 7.57. The molecule has 16 heavy (non-hydrogen) atoms. The van der Waals surface area contributed by atoms with Gasteiger partial charge in [-0.05, 0) is 0 Å². The highest BCUT2D eigenvalue weighted by Gasteiger charge is 2.32. The number of hydrogen-bond acceptors (Lipinski definition) is 3. The molecule has 0 spiro atoms. The van der Waals surface area contributed by atoms with Gasteiger partial charge in [0.15, 0.2) is 0 Å². The third-order valence-electron chi connectivity index (χ3n) is 2.86. The molecule has 0 atom stereocenters. The lowest BCUT2D eigenvalue weighted by Gasteiger charge is -2.35. The first-order valence-electron chi connectivity index (χ1n) is 5.55. The van der Waals surface area contributed by atoms with Crippen LogP contribution in [0.5, 0.6) is 0 Å². The van der Waals surface area contributed by atoms with Crippen molar-refractivity contribution in [1.82, 2.24) is 4.90 Å². The van der Waals surface area contributed by atoms with Crippen LogP contribution in [0.2, 0.25) is 0 Å². The molecule has 0 bridgehead atoms. The molecular formula is C12H19NO3. The fourth-order valence-electron chi connectivity index (χ4n) is 1.81. The molecule has 0 aromatic heterocycles. The Hall–Kier alpha value is -1.05. The molecular weight excluding hydrogens is 206 g/mol. The van der Waals surface area contributed by atoms with Crippen molar-refractivity contribution in [1.29, 1.82) is 0 Å². The number of ether oxygens (including phenoxy) is 1. The molecule has 1 N–H and O–H groups in total. The molecule has 1 saturated heterocycles.